The zero-order chi connectivity index (χ0) is 10.7. The summed E-state index contributed by atoms with van der Waals surface area (Å²) in [5.41, 5.74) is 5.17. The lowest BCUT2D eigenvalue weighted by Crippen LogP contribution is -2.29. The second-order valence-electron chi connectivity index (χ2n) is 3.76. The van der Waals surface area contributed by atoms with Crippen molar-refractivity contribution in [3.8, 4) is 0 Å². The van der Waals surface area contributed by atoms with E-state index in [9.17, 15) is 0 Å². The van der Waals surface area contributed by atoms with Gasteiger partial charge in [0.1, 0.15) is 11.8 Å². The molecule has 1 unspecified atom stereocenters. The Bertz CT molecular complexity index is 374. The average Bonchev–Trinajstić information content (AvgIpc) is 2.72. The fourth-order valence-electron chi connectivity index (χ4n) is 1.83. The number of hydrogen-bond donors (Lipinski definition) is 2. The Labute approximate surface area is 89.9 Å². The molecule has 3 nitrogen and oxygen atoms in total. The van der Waals surface area contributed by atoms with Crippen LogP contribution in [0.5, 0.6) is 0 Å². The number of benzene rings is 1. The van der Waals surface area contributed by atoms with Crippen molar-refractivity contribution in [3.63, 3.8) is 0 Å². The lowest BCUT2D eigenvalue weighted by atomic mass is 10.0. The van der Waals surface area contributed by atoms with E-state index in [1.807, 2.05) is 6.07 Å². The highest BCUT2D eigenvalue weighted by molar-refractivity contribution is 5.30. The van der Waals surface area contributed by atoms with Crippen LogP contribution in [0, 0.1) is 6.92 Å². The molecule has 0 radical (unpaired) electrons. The maximum atomic E-state index is 5.56. The summed E-state index contributed by atoms with van der Waals surface area (Å²) < 4.78 is 5.52. The molecule has 0 aromatic heterocycles. The molecule has 2 rings (SSSR count). The third-order valence-corrected chi connectivity index (χ3v) is 2.56. The minimum atomic E-state index is -0.0209. The van der Waals surface area contributed by atoms with E-state index in [4.69, 9.17) is 10.6 Å². The summed E-state index contributed by atoms with van der Waals surface area (Å²) in [6.07, 6.45) is 3.06. The molecule has 3 heteroatoms. The predicted molar refractivity (Wildman–Crippen MR) is 59.9 cm³/mol. The van der Waals surface area contributed by atoms with Gasteiger partial charge in [-0.3, -0.25) is 5.84 Å². The molecule has 1 aliphatic rings. The van der Waals surface area contributed by atoms with E-state index < -0.39 is 0 Å². The van der Waals surface area contributed by atoms with Gasteiger partial charge in [-0.2, -0.15) is 0 Å². The van der Waals surface area contributed by atoms with E-state index in [1.54, 1.807) is 0 Å². The summed E-state index contributed by atoms with van der Waals surface area (Å²) in [4.78, 5) is 0. The Morgan fingerprint density at radius 2 is 2.33 bits per heavy atom. The van der Waals surface area contributed by atoms with Crippen molar-refractivity contribution < 1.29 is 4.74 Å². The van der Waals surface area contributed by atoms with Crippen LogP contribution in [0.2, 0.25) is 0 Å². The molecule has 0 spiro atoms. The van der Waals surface area contributed by atoms with E-state index >= 15 is 0 Å². The van der Waals surface area contributed by atoms with Crippen molar-refractivity contribution in [3.05, 3.63) is 47.2 Å². The molecule has 80 valence electrons. The number of aryl methyl sites for hydroxylation is 1. The molecule has 1 heterocycles. The molecule has 0 saturated carbocycles. The highest BCUT2D eigenvalue weighted by Gasteiger charge is 2.19. The summed E-state index contributed by atoms with van der Waals surface area (Å²) in [5.74, 6) is 6.50. The highest BCUT2D eigenvalue weighted by atomic mass is 16.5. The Kier molecular flexibility index (Phi) is 3.04. The van der Waals surface area contributed by atoms with E-state index in [-0.39, 0.29) is 6.04 Å². The Morgan fingerprint density at radius 3 is 2.93 bits per heavy atom. The summed E-state index contributed by atoms with van der Waals surface area (Å²) in [6.45, 7) is 2.83. The van der Waals surface area contributed by atoms with Crippen molar-refractivity contribution in [2.45, 2.75) is 19.4 Å². The van der Waals surface area contributed by atoms with Gasteiger partial charge in [0.25, 0.3) is 0 Å². The number of nitrogens with one attached hydrogen (secondary N) is 1. The molecule has 0 amide bonds. The minimum absolute atomic E-state index is 0.0209. The van der Waals surface area contributed by atoms with Gasteiger partial charge in [-0.1, -0.05) is 29.8 Å². The molecule has 0 aliphatic carbocycles. The van der Waals surface area contributed by atoms with E-state index in [1.165, 1.54) is 5.56 Å². The third-order valence-electron chi connectivity index (χ3n) is 2.56. The first-order valence-corrected chi connectivity index (χ1v) is 5.17. The van der Waals surface area contributed by atoms with Crippen LogP contribution in [0.1, 0.15) is 23.6 Å². The molecule has 3 N–H and O–H groups in total. The van der Waals surface area contributed by atoms with Crippen LogP contribution in [-0.4, -0.2) is 6.61 Å². The molecule has 1 aromatic rings. The van der Waals surface area contributed by atoms with Crippen molar-refractivity contribution in [1.29, 1.82) is 0 Å². The van der Waals surface area contributed by atoms with Crippen LogP contribution in [0.25, 0.3) is 0 Å². The van der Waals surface area contributed by atoms with Crippen molar-refractivity contribution in [2.24, 2.45) is 5.84 Å². The molecule has 0 saturated heterocycles. The van der Waals surface area contributed by atoms with Crippen LogP contribution in [-0.2, 0) is 4.74 Å². The third kappa shape index (κ3) is 2.19. The fraction of sp³-hybridized carbons (Fsp3) is 0.333. The lowest BCUT2D eigenvalue weighted by Gasteiger charge is -2.17. The number of hydrazine groups is 1. The van der Waals surface area contributed by atoms with Crippen molar-refractivity contribution in [2.75, 3.05) is 6.61 Å². The average molecular weight is 204 g/mol. The number of hydrogen-bond acceptors (Lipinski definition) is 3. The van der Waals surface area contributed by atoms with Crippen LogP contribution >= 0.6 is 0 Å². The molecule has 0 bridgehead atoms. The van der Waals surface area contributed by atoms with Gasteiger partial charge in [0, 0.05) is 6.42 Å². The SMILES string of the molecule is Cc1cccc(C(NN)C2=CCCO2)c1. The van der Waals surface area contributed by atoms with Crippen LogP contribution in [0.15, 0.2) is 36.1 Å². The first-order chi connectivity index (χ1) is 7.31. The van der Waals surface area contributed by atoms with Gasteiger partial charge >= 0.3 is 0 Å². The van der Waals surface area contributed by atoms with Crippen molar-refractivity contribution >= 4 is 0 Å². The van der Waals surface area contributed by atoms with Gasteiger partial charge in [0.2, 0.25) is 0 Å². The quantitative estimate of drug-likeness (QED) is 0.583. The predicted octanol–water partition coefficient (Wildman–Crippen LogP) is 1.80. The van der Waals surface area contributed by atoms with E-state index in [0.717, 1.165) is 24.4 Å². The summed E-state index contributed by atoms with van der Waals surface area (Å²) >= 11 is 0. The minimum Gasteiger partial charge on any atom is -0.496 e. The second kappa shape index (κ2) is 4.47. The summed E-state index contributed by atoms with van der Waals surface area (Å²) in [6, 6.07) is 8.26. The Morgan fingerprint density at radius 1 is 1.47 bits per heavy atom. The smallest absolute Gasteiger partial charge is 0.115 e. The van der Waals surface area contributed by atoms with Crippen LogP contribution < -0.4 is 11.3 Å². The standard InChI is InChI=1S/C12H16N2O/c1-9-4-2-5-10(8-9)12(14-13)11-6-3-7-15-11/h2,4-6,8,12,14H,3,7,13H2,1H3. The zero-order valence-electron chi connectivity index (χ0n) is 8.86. The highest BCUT2D eigenvalue weighted by Crippen LogP contribution is 2.26. The summed E-state index contributed by atoms with van der Waals surface area (Å²) in [7, 11) is 0. The maximum Gasteiger partial charge on any atom is 0.115 e. The number of nitrogens with two attached hydrogens (primary N) is 1. The molecular weight excluding hydrogens is 188 g/mol. The second-order valence-corrected chi connectivity index (χ2v) is 3.76. The normalized spacial score (nSPS) is 17.1. The van der Waals surface area contributed by atoms with Gasteiger partial charge in [0.05, 0.1) is 6.61 Å². The number of rotatable bonds is 3. The molecule has 1 aliphatic heterocycles. The zero-order valence-corrected chi connectivity index (χ0v) is 8.86. The molecule has 0 fully saturated rings. The maximum absolute atomic E-state index is 5.56. The monoisotopic (exact) mass is 204 g/mol. The Hall–Kier alpha value is -1.32. The van der Waals surface area contributed by atoms with E-state index in [0.29, 0.717) is 0 Å². The molecular formula is C12H16N2O. The molecule has 1 atom stereocenters. The first kappa shape index (κ1) is 10.2. The van der Waals surface area contributed by atoms with Gasteiger partial charge in [-0.25, -0.2) is 5.43 Å². The largest absolute Gasteiger partial charge is 0.496 e. The van der Waals surface area contributed by atoms with Gasteiger partial charge in [-0.05, 0) is 18.6 Å². The van der Waals surface area contributed by atoms with Crippen LogP contribution in [0.4, 0.5) is 0 Å². The van der Waals surface area contributed by atoms with Crippen LogP contribution in [0.3, 0.4) is 0 Å². The van der Waals surface area contributed by atoms with Gasteiger partial charge < -0.3 is 4.74 Å². The lowest BCUT2D eigenvalue weighted by molar-refractivity contribution is 0.215. The van der Waals surface area contributed by atoms with Gasteiger partial charge in [-0.15, -0.1) is 0 Å². The molecule has 1 aromatic carbocycles. The van der Waals surface area contributed by atoms with E-state index in [2.05, 4.69) is 36.6 Å². The van der Waals surface area contributed by atoms with Gasteiger partial charge in [0.15, 0.2) is 0 Å². The summed E-state index contributed by atoms with van der Waals surface area (Å²) in [5, 5.41) is 0. The fourth-order valence-corrected chi connectivity index (χ4v) is 1.83. The topological polar surface area (TPSA) is 47.3 Å². The Balaban J connectivity index is 2.26. The van der Waals surface area contributed by atoms with Crippen molar-refractivity contribution in [1.82, 2.24) is 5.43 Å². The first-order valence-electron chi connectivity index (χ1n) is 5.17. The molecule has 15 heavy (non-hydrogen) atoms. The number of ether oxygens (including phenoxy) is 1.